The third kappa shape index (κ3) is 1.67. The number of carbonyl (C=O) groups is 1. The van der Waals surface area contributed by atoms with Crippen LogP contribution in [0.25, 0.3) is 0 Å². The number of rotatable bonds is 1. The van der Waals surface area contributed by atoms with Crippen molar-refractivity contribution in [2.75, 3.05) is 6.54 Å². The van der Waals surface area contributed by atoms with Gasteiger partial charge in [0, 0.05) is 18.7 Å². The van der Waals surface area contributed by atoms with E-state index in [0.717, 1.165) is 31.5 Å². The molecule has 1 fully saturated rings. The molecule has 2 nitrogen and oxygen atoms in total. The lowest BCUT2D eigenvalue weighted by Gasteiger charge is -2.20. The predicted molar refractivity (Wildman–Crippen MR) is 52.0 cm³/mol. The van der Waals surface area contributed by atoms with Crippen LogP contribution in [0.2, 0.25) is 0 Å². The van der Waals surface area contributed by atoms with Crippen molar-refractivity contribution in [1.29, 1.82) is 0 Å². The molecule has 70 valence electrons. The van der Waals surface area contributed by atoms with Gasteiger partial charge in [0.05, 0.1) is 0 Å². The van der Waals surface area contributed by atoms with Gasteiger partial charge in [0.2, 0.25) is 5.91 Å². The Bertz CT molecular complexity index is 278. The molecule has 1 aliphatic carbocycles. The highest BCUT2D eigenvalue weighted by Crippen LogP contribution is 2.22. The third-order valence-corrected chi connectivity index (χ3v) is 2.68. The van der Waals surface area contributed by atoms with Crippen LogP contribution in [-0.2, 0) is 4.79 Å². The van der Waals surface area contributed by atoms with Gasteiger partial charge in [-0.15, -0.1) is 0 Å². The molecular formula is C11H15NO. The van der Waals surface area contributed by atoms with Crippen molar-refractivity contribution in [2.45, 2.75) is 26.2 Å². The Balaban J connectivity index is 2.09. The Morgan fingerprint density at radius 1 is 1.54 bits per heavy atom. The molecule has 2 rings (SSSR count). The lowest BCUT2D eigenvalue weighted by Crippen LogP contribution is -2.23. The molecule has 2 heteroatoms. The van der Waals surface area contributed by atoms with Gasteiger partial charge in [0.25, 0.3) is 0 Å². The van der Waals surface area contributed by atoms with Gasteiger partial charge in [-0.2, -0.15) is 0 Å². The molecule has 1 atom stereocenters. The average molecular weight is 177 g/mol. The largest absolute Gasteiger partial charge is 0.313 e. The molecule has 0 aromatic carbocycles. The summed E-state index contributed by atoms with van der Waals surface area (Å²) >= 11 is 0. The normalized spacial score (nSPS) is 28.1. The predicted octanol–water partition coefficient (Wildman–Crippen LogP) is 2.09. The van der Waals surface area contributed by atoms with Gasteiger partial charge >= 0.3 is 0 Å². The molecule has 1 unspecified atom stereocenters. The fourth-order valence-corrected chi connectivity index (χ4v) is 1.84. The van der Waals surface area contributed by atoms with Crippen LogP contribution in [0.1, 0.15) is 26.2 Å². The van der Waals surface area contributed by atoms with E-state index in [1.165, 1.54) is 0 Å². The molecule has 0 bridgehead atoms. The van der Waals surface area contributed by atoms with Gasteiger partial charge in [-0.05, 0) is 24.8 Å². The van der Waals surface area contributed by atoms with Crippen LogP contribution in [0.15, 0.2) is 23.9 Å². The van der Waals surface area contributed by atoms with E-state index in [-0.39, 0.29) is 5.91 Å². The summed E-state index contributed by atoms with van der Waals surface area (Å²) in [7, 11) is 0. The second kappa shape index (κ2) is 3.36. The average Bonchev–Trinajstić information content (AvgIpc) is 2.53. The third-order valence-electron chi connectivity index (χ3n) is 2.68. The molecule has 0 spiro atoms. The summed E-state index contributed by atoms with van der Waals surface area (Å²) in [4.78, 5) is 13.3. The Morgan fingerprint density at radius 2 is 2.38 bits per heavy atom. The highest BCUT2D eigenvalue weighted by atomic mass is 16.2. The highest BCUT2D eigenvalue weighted by molar-refractivity contribution is 5.80. The van der Waals surface area contributed by atoms with Crippen LogP contribution in [0.3, 0.4) is 0 Å². The van der Waals surface area contributed by atoms with Gasteiger partial charge in [0.1, 0.15) is 0 Å². The molecule has 0 aromatic rings. The molecular weight excluding hydrogens is 162 g/mol. The van der Waals surface area contributed by atoms with E-state index in [1.54, 1.807) is 0 Å². The van der Waals surface area contributed by atoms with Crippen LogP contribution in [0, 0.1) is 5.92 Å². The van der Waals surface area contributed by atoms with E-state index < -0.39 is 0 Å². The van der Waals surface area contributed by atoms with Crippen LogP contribution in [-0.4, -0.2) is 17.4 Å². The number of amides is 1. The zero-order valence-electron chi connectivity index (χ0n) is 7.99. The molecule has 0 saturated carbocycles. The summed E-state index contributed by atoms with van der Waals surface area (Å²) in [5, 5.41) is 0. The van der Waals surface area contributed by atoms with Crippen molar-refractivity contribution in [3.63, 3.8) is 0 Å². The molecule has 1 aliphatic heterocycles. The van der Waals surface area contributed by atoms with Crippen molar-refractivity contribution in [3.05, 3.63) is 23.9 Å². The van der Waals surface area contributed by atoms with E-state index in [2.05, 4.69) is 25.2 Å². The summed E-state index contributed by atoms with van der Waals surface area (Å²) in [6.07, 6.45) is 9.24. The van der Waals surface area contributed by atoms with Gasteiger partial charge < -0.3 is 4.90 Å². The molecule has 0 aromatic heterocycles. The van der Waals surface area contributed by atoms with Crippen molar-refractivity contribution < 1.29 is 4.79 Å². The number of hydrogen-bond acceptors (Lipinski definition) is 1. The highest BCUT2D eigenvalue weighted by Gasteiger charge is 2.22. The summed E-state index contributed by atoms with van der Waals surface area (Å²) < 4.78 is 0. The van der Waals surface area contributed by atoms with Crippen molar-refractivity contribution in [1.82, 2.24) is 4.90 Å². The fraction of sp³-hybridized carbons (Fsp3) is 0.545. The standard InChI is InChI=1S/C11H15NO/c1-9-4-6-10(7-5-9)12-8-2-3-11(12)13/h4,6-7,9H,2-3,5,8H2,1H3. The Labute approximate surface area is 78.9 Å². The van der Waals surface area contributed by atoms with E-state index in [0.29, 0.717) is 5.92 Å². The number of nitrogens with zero attached hydrogens (tertiary/aromatic N) is 1. The lowest BCUT2D eigenvalue weighted by atomic mass is 10.0. The second-order valence-electron chi connectivity index (χ2n) is 3.85. The van der Waals surface area contributed by atoms with Gasteiger partial charge in [0.15, 0.2) is 0 Å². The first-order valence-electron chi connectivity index (χ1n) is 4.96. The zero-order valence-corrected chi connectivity index (χ0v) is 7.99. The van der Waals surface area contributed by atoms with Crippen LogP contribution >= 0.6 is 0 Å². The maximum Gasteiger partial charge on any atom is 0.227 e. The smallest absolute Gasteiger partial charge is 0.227 e. The van der Waals surface area contributed by atoms with E-state index >= 15 is 0 Å². The zero-order chi connectivity index (χ0) is 9.26. The van der Waals surface area contributed by atoms with Crippen LogP contribution in [0.4, 0.5) is 0 Å². The molecule has 13 heavy (non-hydrogen) atoms. The summed E-state index contributed by atoms with van der Waals surface area (Å²) in [5.74, 6) is 0.909. The van der Waals surface area contributed by atoms with Crippen molar-refractivity contribution >= 4 is 5.91 Å². The second-order valence-corrected chi connectivity index (χ2v) is 3.85. The fourth-order valence-electron chi connectivity index (χ4n) is 1.84. The SMILES string of the molecule is CC1C=CC(N2CCCC2=O)=CC1. The van der Waals surface area contributed by atoms with Gasteiger partial charge in [-0.3, -0.25) is 4.79 Å². The number of likely N-dealkylation sites (tertiary alicyclic amines) is 1. The minimum atomic E-state index is 0.283. The molecule has 1 amide bonds. The first kappa shape index (κ1) is 8.54. The minimum absolute atomic E-state index is 0.283. The van der Waals surface area contributed by atoms with Crippen LogP contribution in [0.5, 0.6) is 0 Å². The summed E-state index contributed by atoms with van der Waals surface area (Å²) in [6.45, 7) is 3.10. The topological polar surface area (TPSA) is 20.3 Å². The summed E-state index contributed by atoms with van der Waals surface area (Å²) in [6, 6.07) is 0. The van der Waals surface area contributed by atoms with Gasteiger partial charge in [-0.25, -0.2) is 0 Å². The quantitative estimate of drug-likeness (QED) is 0.600. The Kier molecular flexibility index (Phi) is 2.21. The number of carbonyl (C=O) groups excluding carboxylic acids is 1. The number of hydrogen-bond donors (Lipinski definition) is 0. The number of allylic oxidation sites excluding steroid dienone is 3. The van der Waals surface area contributed by atoms with Crippen LogP contribution < -0.4 is 0 Å². The maximum absolute atomic E-state index is 11.4. The first-order valence-corrected chi connectivity index (χ1v) is 4.96. The minimum Gasteiger partial charge on any atom is -0.313 e. The molecule has 0 N–H and O–H groups in total. The maximum atomic E-state index is 11.4. The van der Waals surface area contributed by atoms with E-state index in [4.69, 9.17) is 0 Å². The Hall–Kier alpha value is -1.05. The molecule has 1 saturated heterocycles. The first-order chi connectivity index (χ1) is 6.27. The van der Waals surface area contributed by atoms with Crippen molar-refractivity contribution in [3.8, 4) is 0 Å². The summed E-state index contributed by atoms with van der Waals surface area (Å²) in [5.41, 5.74) is 1.11. The van der Waals surface area contributed by atoms with Crippen molar-refractivity contribution in [2.24, 2.45) is 5.92 Å². The molecule has 2 aliphatic rings. The van der Waals surface area contributed by atoms with E-state index in [1.807, 2.05) is 4.90 Å². The molecule has 0 radical (unpaired) electrons. The van der Waals surface area contributed by atoms with E-state index in [9.17, 15) is 4.79 Å². The lowest BCUT2D eigenvalue weighted by molar-refractivity contribution is -0.125. The van der Waals surface area contributed by atoms with Gasteiger partial charge in [-0.1, -0.05) is 19.1 Å². The monoisotopic (exact) mass is 177 g/mol. The Morgan fingerprint density at radius 3 is 2.92 bits per heavy atom. The molecule has 1 heterocycles.